The van der Waals surface area contributed by atoms with Crippen LogP contribution in [0.4, 0.5) is 0 Å². The van der Waals surface area contributed by atoms with Crippen molar-refractivity contribution in [1.29, 1.82) is 0 Å². The maximum Gasteiger partial charge on any atom is 0.217 e. The van der Waals surface area contributed by atoms with E-state index in [0.29, 0.717) is 5.92 Å². The van der Waals surface area contributed by atoms with Crippen molar-refractivity contribution in [3.05, 3.63) is 175 Å². The number of benzene rings is 5. The van der Waals surface area contributed by atoms with Gasteiger partial charge in [0.25, 0.3) is 0 Å². The molecule has 2 nitrogen and oxygen atoms in total. The predicted molar refractivity (Wildman–Crippen MR) is 186 cm³/mol. The first-order valence-electron chi connectivity index (χ1n) is 15.4. The van der Waals surface area contributed by atoms with E-state index < -0.39 is 8.07 Å². The van der Waals surface area contributed by atoms with Gasteiger partial charge in [-0.15, -0.1) is 0 Å². The summed E-state index contributed by atoms with van der Waals surface area (Å²) in [7, 11) is -1.67. The van der Waals surface area contributed by atoms with Crippen LogP contribution in [0, 0.1) is 5.92 Å². The summed E-state index contributed by atoms with van der Waals surface area (Å²) < 4.78 is 2.45. The van der Waals surface area contributed by atoms with Gasteiger partial charge in [0.05, 0.1) is 5.72 Å². The average molecular weight is 575 g/mol. The Morgan fingerprint density at radius 1 is 0.605 bits per heavy atom. The Labute approximate surface area is 258 Å². The van der Waals surface area contributed by atoms with E-state index in [2.05, 4.69) is 170 Å². The van der Waals surface area contributed by atoms with Gasteiger partial charge in [0.1, 0.15) is 0 Å². The molecule has 0 bridgehead atoms. The molecule has 0 aliphatic heterocycles. The molecule has 0 N–H and O–H groups in total. The molecule has 0 radical (unpaired) electrons. The molecule has 0 fully saturated rings. The first-order valence-corrected chi connectivity index (χ1v) is 17.6. The Morgan fingerprint density at radius 3 is 1.56 bits per heavy atom. The third kappa shape index (κ3) is 6.35. The smallest absolute Gasteiger partial charge is 0.217 e. The molecule has 0 saturated carbocycles. The molecule has 4 heteroatoms. The molecule has 0 spiro atoms. The second-order valence-electron chi connectivity index (χ2n) is 12.0. The van der Waals surface area contributed by atoms with Gasteiger partial charge in [-0.05, 0) is 50.4 Å². The highest BCUT2D eigenvalue weighted by molar-refractivity contribution is 7.10. The molecule has 0 atom stereocenters. The second kappa shape index (κ2) is 13.3. The molecule has 0 amide bonds. The van der Waals surface area contributed by atoms with E-state index in [-0.39, 0.29) is 5.82 Å². The van der Waals surface area contributed by atoms with Crippen molar-refractivity contribution in [3.63, 3.8) is 0 Å². The summed E-state index contributed by atoms with van der Waals surface area (Å²) in [4.78, 5) is 5.00. The summed E-state index contributed by atoms with van der Waals surface area (Å²) in [6, 6.07) is 53.7. The lowest BCUT2D eigenvalue weighted by molar-refractivity contribution is 0.647. The summed E-state index contributed by atoms with van der Waals surface area (Å²) in [5.41, 5.74) is 5.16. The van der Waals surface area contributed by atoms with Gasteiger partial charge < -0.3 is 4.57 Å². The second-order valence-corrected chi connectivity index (χ2v) is 15.8. The van der Waals surface area contributed by atoms with Crippen LogP contribution in [-0.4, -0.2) is 24.9 Å². The van der Waals surface area contributed by atoms with Crippen LogP contribution in [-0.2, 0) is 12.6 Å². The van der Waals surface area contributed by atoms with E-state index in [9.17, 15) is 0 Å². The fourth-order valence-electron chi connectivity index (χ4n) is 6.53. The van der Waals surface area contributed by atoms with Crippen molar-refractivity contribution in [2.24, 2.45) is 5.92 Å². The maximum absolute atomic E-state index is 5.00. The molecule has 1 aromatic heterocycles. The fourth-order valence-corrected chi connectivity index (χ4v) is 11.1. The van der Waals surface area contributed by atoms with Crippen LogP contribution < -0.4 is 21.3 Å². The minimum absolute atomic E-state index is 0.225. The Bertz CT molecular complexity index is 1620. The molecule has 5 aromatic carbocycles. The van der Waals surface area contributed by atoms with Crippen LogP contribution in [0.5, 0.6) is 0 Å². The molecular formula is C39H39BN2Si. The number of hydrogen-bond acceptors (Lipinski definition) is 1. The van der Waals surface area contributed by atoms with E-state index in [4.69, 9.17) is 4.98 Å². The van der Waals surface area contributed by atoms with Crippen molar-refractivity contribution in [2.45, 2.75) is 32.3 Å². The zero-order chi connectivity index (χ0) is 29.5. The molecule has 0 saturated heterocycles. The van der Waals surface area contributed by atoms with Crippen molar-refractivity contribution in [1.82, 2.24) is 9.55 Å². The number of nitrogens with zero attached hydrogens (tertiary/aromatic N) is 2. The Morgan fingerprint density at radius 2 is 1.07 bits per heavy atom. The van der Waals surface area contributed by atoms with E-state index in [1.54, 1.807) is 0 Å². The molecule has 0 aliphatic rings. The van der Waals surface area contributed by atoms with Crippen molar-refractivity contribution in [3.8, 4) is 0 Å². The van der Waals surface area contributed by atoms with Crippen LogP contribution >= 0.6 is 0 Å². The third-order valence-corrected chi connectivity index (χ3v) is 13.4. The Balaban J connectivity index is 1.47. The van der Waals surface area contributed by atoms with E-state index >= 15 is 0 Å². The highest BCUT2D eigenvalue weighted by Gasteiger charge is 2.40. The number of aromatic nitrogens is 2. The van der Waals surface area contributed by atoms with Gasteiger partial charge in [0.15, 0.2) is 8.07 Å². The highest BCUT2D eigenvalue weighted by atomic mass is 28.3. The Kier molecular flexibility index (Phi) is 8.86. The number of hydrogen-bond donors (Lipinski definition) is 0. The van der Waals surface area contributed by atoms with Crippen molar-refractivity contribution in [2.75, 3.05) is 0 Å². The summed E-state index contributed by atoms with van der Waals surface area (Å²) in [5, 5.41) is 4.26. The molecule has 1 heterocycles. The summed E-state index contributed by atoms with van der Waals surface area (Å²) in [6.07, 6.45) is 6.17. The van der Waals surface area contributed by atoms with Crippen LogP contribution in [0.25, 0.3) is 0 Å². The van der Waals surface area contributed by atoms with Gasteiger partial charge in [-0.2, -0.15) is 0 Å². The third-order valence-electron chi connectivity index (χ3n) is 8.62. The summed E-state index contributed by atoms with van der Waals surface area (Å²) in [6.45, 7) is 4.58. The van der Waals surface area contributed by atoms with Gasteiger partial charge in [-0.3, -0.25) is 4.98 Å². The van der Waals surface area contributed by atoms with Gasteiger partial charge in [-0.25, -0.2) is 0 Å². The first kappa shape index (κ1) is 28.7. The van der Waals surface area contributed by atoms with E-state index in [1.807, 2.05) is 6.20 Å². The summed E-state index contributed by atoms with van der Waals surface area (Å²) >= 11 is 0. The quantitative estimate of drug-likeness (QED) is 0.145. The zero-order valence-corrected chi connectivity index (χ0v) is 26.2. The van der Waals surface area contributed by atoms with Crippen LogP contribution in [0.1, 0.15) is 36.4 Å². The monoisotopic (exact) mass is 574 g/mol. The molecule has 212 valence electrons. The lowest BCUT2D eigenvalue weighted by atomic mass is 9.58. The van der Waals surface area contributed by atoms with Crippen LogP contribution in [0.3, 0.4) is 0 Å². The van der Waals surface area contributed by atoms with Gasteiger partial charge in [0, 0.05) is 18.6 Å². The highest BCUT2D eigenvalue weighted by Crippen LogP contribution is 2.23. The lowest BCUT2D eigenvalue weighted by Crippen LogP contribution is -2.70. The Hall–Kier alpha value is -4.41. The minimum Gasteiger partial charge on any atom is -0.345 e. The molecule has 6 aromatic rings. The average Bonchev–Trinajstić information content (AvgIpc) is 3.50. The number of imidazole rings is 1. The molecule has 0 aliphatic carbocycles. The predicted octanol–water partition coefficient (Wildman–Crippen LogP) is 5.64. The van der Waals surface area contributed by atoms with Gasteiger partial charge in [-0.1, -0.05) is 159 Å². The first-order chi connectivity index (χ1) is 21.1. The minimum atomic E-state index is -2.51. The summed E-state index contributed by atoms with van der Waals surface area (Å²) in [5.74, 6) is 0.857. The SMILES string of the molecule is CC(C)Cc1ccc([Si](Cn2ccnc2BC(c2ccccc2)c2ccccc2)(c2ccccc2)c2ccccc2)cc1. The zero-order valence-electron chi connectivity index (χ0n) is 25.2. The standard InChI is InChI=1S/C39H39BN2Si/c1-31(2)29-32-23-25-37(26-24-32)43(35-19-11-5-12-20-35,36-21-13-6-14-22-36)30-42-28-27-41-39(42)40-38(33-15-7-3-8-16-33)34-17-9-4-10-18-34/h3-28,31,38,40H,29-30H2,1-2H3. The van der Waals surface area contributed by atoms with E-state index in [1.165, 1.54) is 32.3 Å². The van der Waals surface area contributed by atoms with Crippen LogP contribution in [0.2, 0.25) is 0 Å². The van der Waals surface area contributed by atoms with Crippen molar-refractivity contribution < 1.29 is 0 Å². The van der Waals surface area contributed by atoms with Crippen molar-refractivity contribution >= 4 is 36.6 Å². The van der Waals surface area contributed by atoms with Gasteiger partial charge in [0.2, 0.25) is 7.28 Å². The lowest BCUT2D eigenvalue weighted by Gasteiger charge is -2.35. The van der Waals surface area contributed by atoms with Gasteiger partial charge >= 0.3 is 0 Å². The molecule has 0 unspecified atom stereocenters. The maximum atomic E-state index is 5.00. The topological polar surface area (TPSA) is 17.8 Å². The molecular weight excluding hydrogens is 535 g/mol. The van der Waals surface area contributed by atoms with E-state index in [0.717, 1.165) is 25.6 Å². The normalized spacial score (nSPS) is 11.6. The molecule has 6 rings (SSSR count). The fraction of sp³-hybridized carbons (Fsp3) is 0.154. The number of rotatable bonds is 11. The molecule has 43 heavy (non-hydrogen) atoms. The largest absolute Gasteiger partial charge is 0.345 e. The van der Waals surface area contributed by atoms with Crippen LogP contribution in [0.15, 0.2) is 158 Å².